The molecule has 9 aromatic rings. The third-order valence-corrected chi connectivity index (χ3v) is 9.13. The number of fused-ring (bicyclic) bond motifs is 3. The third kappa shape index (κ3) is 4.62. The van der Waals surface area contributed by atoms with Crippen LogP contribution in [-0.2, 0) is 0 Å². The van der Waals surface area contributed by atoms with Crippen LogP contribution < -0.4 is 0 Å². The Labute approximate surface area is 273 Å². The molecule has 0 unspecified atom stereocenters. The van der Waals surface area contributed by atoms with Gasteiger partial charge >= 0.3 is 0 Å². The van der Waals surface area contributed by atoms with Crippen molar-refractivity contribution >= 4 is 32.6 Å². The number of rotatable bonds is 5. The molecule has 2 nitrogen and oxygen atoms in total. The zero-order valence-corrected chi connectivity index (χ0v) is 25.6. The Hall–Kier alpha value is -6.25. The fourth-order valence-electron chi connectivity index (χ4n) is 7.03. The molecule has 1 aromatic heterocycles. The second-order valence-electron chi connectivity index (χ2n) is 11.9. The minimum atomic E-state index is 0.620. The average Bonchev–Trinajstić information content (AvgIpc) is 3.59. The number of aromatic nitrogens is 1. The van der Waals surface area contributed by atoms with Crippen molar-refractivity contribution in [1.82, 2.24) is 4.98 Å². The van der Waals surface area contributed by atoms with Crippen LogP contribution in [0.2, 0.25) is 0 Å². The Bertz CT molecular complexity index is 2530. The maximum Gasteiger partial charge on any atom is 0.227 e. The topological polar surface area (TPSA) is 26.0 Å². The molecule has 47 heavy (non-hydrogen) atoms. The van der Waals surface area contributed by atoms with Gasteiger partial charge in [0, 0.05) is 5.56 Å². The highest BCUT2D eigenvalue weighted by atomic mass is 16.3. The summed E-state index contributed by atoms with van der Waals surface area (Å²) in [6.07, 6.45) is 0. The normalized spacial score (nSPS) is 11.4. The van der Waals surface area contributed by atoms with Gasteiger partial charge in [-0.1, -0.05) is 152 Å². The molecule has 0 N–H and O–H groups in total. The second kappa shape index (κ2) is 11.3. The van der Waals surface area contributed by atoms with Crippen molar-refractivity contribution in [2.24, 2.45) is 0 Å². The van der Waals surface area contributed by atoms with Crippen molar-refractivity contribution in [2.75, 3.05) is 0 Å². The van der Waals surface area contributed by atoms with Gasteiger partial charge in [0.2, 0.25) is 5.89 Å². The van der Waals surface area contributed by atoms with Gasteiger partial charge in [0.05, 0.1) is 0 Å². The van der Waals surface area contributed by atoms with Gasteiger partial charge in [0.25, 0.3) is 0 Å². The molecular weight excluding hydrogens is 571 g/mol. The Morgan fingerprint density at radius 3 is 1.40 bits per heavy atom. The van der Waals surface area contributed by atoms with Crippen molar-refractivity contribution < 1.29 is 4.42 Å². The van der Waals surface area contributed by atoms with Crippen LogP contribution in [0.4, 0.5) is 0 Å². The first-order valence-corrected chi connectivity index (χ1v) is 16.0. The van der Waals surface area contributed by atoms with Crippen LogP contribution in [0.1, 0.15) is 0 Å². The van der Waals surface area contributed by atoms with Gasteiger partial charge in [-0.15, -0.1) is 0 Å². The minimum absolute atomic E-state index is 0.620. The van der Waals surface area contributed by atoms with Crippen LogP contribution in [0.5, 0.6) is 0 Å². The Kier molecular flexibility index (Phi) is 6.50. The Balaban J connectivity index is 1.42. The van der Waals surface area contributed by atoms with Crippen LogP contribution >= 0.6 is 0 Å². The average molecular weight is 600 g/mol. The van der Waals surface area contributed by atoms with Crippen LogP contribution in [0, 0.1) is 0 Å². The molecule has 0 saturated heterocycles. The molecule has 0 spiro atoms. The van der Waals surface area contributed by atoms with Gasteiger partial charge < -0.3 is 4.42 Å². The number of hydrogen-bond acceptors (Lipinski definition) is 2. The van der Waals surface area contributed by atoms with Gasteiger partial charge in [-0.2, -0.15) is 0 Å². The van der Waals surface area contributed by atoms with Crippen LogP contribution in [0.3, 0.4) is 0 Å². The summed E-state index contributed by atoms with van der Waals surface area (Å²) >= 11 is 0. The summed E-state index contributed by atoms with van der Waals surface area (Å²) in [7, 11) is 0. The first-order valence-electron chi connectivity index (χ1n) is 16.0. The first kappa shape index (κ1) is 27.1. The fourth-order valence-corrected chi connectivity index (χ4v) is 7.03. The molecular formula is C45H29NO. The highest BCUT2D eigenvalue weighted by molar-refractivity contribution is 6.23. The predicted octanol–water partition coefficient (Wildman–Crippen LogP) is 12.5. The van der Waals surface area contributed by atoms with Gasteiger partial charge in [-0.25, -0.2) is 4.98 Å². The van der Waals surface area contributed by atoms with Gasteiger partial charge in [-0.05, 0) is 90.3 Å². The molecule has 0 aliphatic carbocycles. The number of nitrogens with zero attached hydrogens (tertiary/aromatic N) is 1. The van der Waals surface area contributed by atoms with Crippen molar-refractivity contribution in [3.8, 4) is 56.0 Å². The lowest BCUT2D eigenvalue weighted by Crippen LogP contribution is -1.94. The molecule has 0 atom stereocenters. The lowest BCUT2D eigenvalue weighted by molar-refractivity contribution is 0.620. The van der Waals surface area contributed by atoms with Crippen molar-refractivity contribution in [1.29, 1.82) is 0 Å². The van der Waals surface area contributed by atoms with E-state index in [0.29, 0.717) is 5.89 Å². The summed E-state index contributed by atoms with van der Waals surface area (Å²) in [4.78, 5) is 4.89. The smallest absolute Gasteiger partial charge is 0.227 e. The molecule has 0 bridgehead atoms. The van der Waals surface area contributed by atoms with Crippen LogP contribution in [-0.4, -0.2) is 4.98 Å². The van der Waals surface area contributed by atoms with E-state index in [9.17, 15) is 0 Å². The van der Waals surface area contributed by atoms with Crippen molar-refractivity contribution in [3.05, 3.63) is 176 Å². The van der Waals surface area contributed by atoms with E-state index < -0.39 is 0 Å². The zero-order chi connectivity index (χ0) is 31.2. The van der Waals surface area contributed by atoms with Crippen LogP contribution in [0.15, 0.2) is 180 Å². The maximum atomic E-state index is 6.31. The molecule has 1 heterocycles. The van der Waals surface area contributed by atoms with E-state index in [4.69, 9.17) is 9.40 Å². The molecule has 9 rings (SSSR count). The Morgan fingerprint density at radius 2 is 0.809 bits per heavy atom. The number of hydrogen-bond donors (Lipinski definition) is 0. The highest BCUT2D eigenvalue weighted by Gasteiger charge is 2.21. The lowest BCUT2D eigenvalue weighted by Gasteiger charge is -2.21. The molecule has 2 heteroatoms. The largest absolute Gasteiger partial charge is 0.436 e. The van der Waals surface area contributed by atoms with Gasteiger partial charge in [0.15, 0.2) is 5.58 Å². The summed E-state index contributed by atoms with van der Waals surface area (Å²) in [6, 6.07) is 62.4. The predicted molar refractivity (Wildman–Crippen MR) is 196 cm³/mol. The summed E-state index contributed by atoms with van der Waals surface area (Å²) in [6.45, 7) is 0. The monoisotopic (exact) mass is 599 g/mol. The summed E-state index contributed by atoms with van der Waals surface area (Å²) < 4.78 is 6.31. The number of para-hydroxylation sites is 2. The first-order chi connectivity index (χ1) is 23.3. The van der Waals surface area contributed by atoms with Crippen LogP contribution in [0.25, 0.3) is 88.6 Å². The molecule has 8 aromatic carbocycles. The second-order valence-corrected chi connectivity index (χ2v) is 11.9. The van der Waals surface area contributed by atoms with E-state index in [1.54, 1.807) is 0 Å². The fraction of sp³-hybridized carbons (Fsp3) is 0. The van der Waals surface area contributed by atoms with Gasteiger partial charge in [0.1, 0.15) is 5.52 Å². The number of benzene rings is 8. The van der Waals surface area contributed by atoms with E-state index in [0.717, 1.165) is 22.0 Å². The highest BCUT2D eigenvalue weighted by Crippen LogP contribution is 2.48. The maximum absolute atomic E-state index is 6.31. The zero-order valence-electron chi connectivity index (χ0n) is 25.6. The standard InChI is InChI=1S/C45H29NO/c1-3-15-30(16-4-1)33-19-7-9-21-35(33)43-37-23-11-12-24-38(37)44(36-22-10-8-20-34(36)31-17-5-2-6-18-31)40-29-32(27-28-39(40)43)45-46-41-25-13-14-26-42(41)47-45/h1-29H. The Morgan fingerprint density at radius 1 is 0.340 bits per heavy atom. The van der Waals surface area contributed by atoms with E-state index in [2.05, 4.69) is 152 Å². The number of oxazole rings is 1. The lowest BCUT2D eigenvalue weighted by atomic mass is 9.82. The molecule has 0 radical (unpaired) electrons. The van der Waals surface area contributed by atoms with Crippen molar-refractivity contribution in [2.45, 2.75) is 0 Å². The van der Waals surface area contributed by atoms with Crippen molar-refractivity contribution in [3.63, 3.8) is 0 Å². The molecule has 0 aliphatic rings. The molecule has 220 valence electrons. The SMILES string of the molecule is c1ccc(-c2ccccc2-c2c3ccccc3c(-c3ccccc3-c3ccccc3)c3cc(-c4nc5ccccc5o4)ccc23)cc1. The summed E-state index contributed by atoms with van der Waals surface area (Å²) in [5.74, 6) is 0.620. The molecule has 0 amide bonds. The summed E-state index contributed by atoms with van der Waals surface area (Å²) in [5.41, 5.74) is 12.2. The van der Waals surface area contributed by atoms with E-state index in [1.165, 1.54) is 60.7 Å². The third-order valence-electron chi connectivity index (χ3n) is 9.13. The van der Waals surface area contributed by atoms with E-state index in [-0.39, 0.29) is 0 Å². The van der Waals surface area contributed by atoms with E-state index in [1.807, 2.05) is 24.3 Å². The molecule has 0 saturated carbocycles. The van der Waals surface area contributed by atoms with Gasteiger partial charge in [-0.3, -0.25) is 0 Å². The quantitative estimate of drug-likeness (QED) is 0.184. The summed E-state index contributed by atoms with van der Waals surface area (Å²) in [5, 5.41) is 4.77. The molecule has 0 fully saturated rings. The molecule has 0 aliphatic heterocycles. The minimum Gasteiger partial charge on any atom is -0.436 e. The van der Waals surface area contributed by atoms with E-state index >= 15 is 0 Å².